The molecule has 0 aliphatic rings. The van der Waals surface area contributed by atoms with E-state index < -0.39 is 0 Å². The van der Waals surface area contributed by atoms with Crippen LogP contribution >= 0.6 is 0 Å². The third-order valence-corrected chi connectivity index (χ3v) is 3.11. The first-order valence-electron chi connectivity index (χ1n) is 7.12. The monoisotopic (exact) mass is 283 g/mol. The molecule has 21 heavy (non-hydrogen) atoms. The van der Waals surface area contributed by atoms with E-state index in [1.165, 1.54) is 0 Å². The summed E-state index contributed by atoms with van der Waals surface area (Å²) in [6.07, 6.45) is 0. The number of hydrogen-bond donors (Lipinski definition) is 3. The molecular weight excluding hydrogens is 262 g/mol. The van der Waals surface area contributed by atoms with Crippen LogP contribution in [-0.2, 0) is 6.54 Å². The van der Waals surface area contributed by atoms with E-state index >= 15 is 0 Å². The molecule has 0 saturated carbocycles. The Balaban J connectivity index is 2.02. The number of amides is 2. The number of para-hydroxylation sites is 1. The molecule has 2 aromatic carbocycles. The van der Waals surface area contributed by atoms with Crippen molar-refractivity contribution in [2.24, 2.45) is 0 Å². The van der Waals surface area contributed by atoms with Gasteiger partial charge >= 0.3 is 6.03 Å². The summed E-state index contributed by atoms with van der Waals surface area (Å²) in [4.78, 5) is 12.1. The lowest BCUT2D eigenvalue weighted by Gasteiger charge is -2.12. The predicted octanol–water partition coefficient (Wildman–Crippen LogP) is 3.75. The first-order valence-corrected chi connectivity index (χ1v) is 7.12. The second-order valence-electron chi connectivity index (χ2n) is 4.89. The molecular formula is C17H21N3O. The quantitative estimate of drug-likeness (QED) is 0.782. The summed E-state index contributed by atoms with van der Waals surface area (Å²) in [6.45, 7) is 5.68. The second kappa shape index (κ2) is 7.45. The number of carbonyl (C=O) groups excluding carboxylic acids is 1. The molecule has 4 heteroatoms. The van der Waals surface area contributed by atoms with Crippen molar-refractivity contribution in [3.8, 4) is 0 Å². The van der Waals surface area contributed by atoms with E-state index in [0.717, 1.165) is 35.6 Å². The molecule has 0 unspecified atom stereocenters. The molecule has 0 radical (unpaired) electrons. The molecule has 0 atom stereocenters. The van der Waals surface area contributed by atoms with Gasteiger partial charge in [-0.2, -0.15) is 0 Å². The standard InChI is InChI=1S/C17H21N3O/c1-3-18-12-14-8-4-5-10-16(14)20-17(21)19-15-9-6-7-13(2)11-15/h4-11,18H,3,12H2,1-2H3,(H2,19,20,21). The average molecular weight is 283 g/mol. The zero-order valence-electron chi connectivity index (χ0n) is 12.4. The largest absolute Gasteiger partial charge is 0.323 e. The molecule has 110 valence electrons. The highest BCUT2D eigenvalue weighted by molar-refractivity contribution is 6.00. The molecule has 0 aromatic heterocycles. The SMILES string of the molecule is CCNCc1ccccc1NC(=O)Nc1cccc(C)c1. The lowest BCUT2D eigenvalue weighted by molar-refractivity contribution is 0.262. The van der Waals surface area contributed by atoms with Gasteiger partial charge in [-0.15, -0.1) is 0 Å². The van der Waals surface area contributed by atoms with Gasteiger partial charge in [0.1, 0.15) is 0 Å². The number of aryl methyl sites for hydroxylation is 1. The van der Waals surface area contributed by atoms with Gasteiger partial charge in [-0.3, -0.25) is 0 Å². The lowest BCUT2D eigenvalue weighted by Crippen LogP contribution is -2.21. The fourth-order valence-electron chi connectivity index (χ4n) is 2.06. The maximum absolute atomic E-state index is 12.1. The average Bonchev–Trinajstić information content (AvgIpc) is 2.46. The van der Waals surface area contributed by atoms with Gasteiger partial charge < -0.3 is 16.0 Å². The van der Waals surface area contributed by atoms with Crippen LogP contribution in [0.1, 0.15) is 18.1 Å². The first-order chi connectivity index (χ1) is 10.2. The summed E-state index contributed by atoms with van der Waals surface area (Å²) in [6, 6.07) is 15.3. The molecule has 0 saturated heterocycles. The molecule has 0 fully saturated rings. The van der Waals surface area contributed by atoms with Crippen molar-refractivity contribution in [1.29, 1.82) is 0 Å². The summed E-state index contributed by atoms with van der Waals surface area (Å²) in [5.41, 5.74) is 3.79. The Kier molecular flexibility index (Phi) is 5.35. The summed E-state index contributed by atoms with van der Waals surface area (Å²) in [7, 11) is 0. The van der Waals surface area contributed by atoms with Crippen molar-refractivity contribution in [3.05, 3.63) is 59.7 Å². The van der Waals surface area contributed by atoms with Gasteiger partial charge in [-0.05, 0) is 42.8 Å². The van der Waals surface area contributed by atoms with E-state index in [2.05, 4.69) is 22.9 Å². The first kappa shape index (κ1) is 15.1. The lowest BCUT2D eigenvalue weighted by atomic mass is 10.2. The predicted molar refractivity (Wildman–Crippen MR) is 87.6 cm³/mol. The zero-order chi connectivity index (χ0) is 15.1. The molecule has 0 spiro atoms. The Morgan fingerprint density at radius 3 is 2.62 bits per heavy atom. The highest BCUT2D eigenvalue weighted by Gasteiger charge is 2.06. The Labute approximate surface area is 125 Å². The van der Waals surface area contributed by atoms with Crippen LogP contribution in [0, 0.1) is 6.92 Å². The molecule has 2 rings (SSSR count). The summed E-state index contributed by atoms with van der Waals surface area (Å²) in [5.74, 6) is 0. The van der Waals surface area contributed by atoms with Crippen LogP contribution in [0.15, 0.2) is 48.5 Å². The Bertz CT molecular complexity index is 610. The maximum Gasteiger partial charge on any atom is 0.323 e. The highest BCUT2D eigenvalue weighted by atomic mass is 16.2. The van der Waals surface area contributed by atoms with Crippen molar-refractivity contribution >= 4 is 17.4 Å². The van der Waals surface area contributed by atoms with E-state index in [1.54, 1.807) is 0 Å². The number of urea groups is 1. The van der Waals surface area contributed by atoms with Crippen molar-refractivity contribution < 1.29 is 4.79 Å². The Morgan fingerprint density at radius 2 is 1.86 bits per heavy atom. The number of rotatable bonds is 5. The molecule has 0 aliphatic heterocycles. The van der Waals surface area contributed by atoms with Crippen LogP contribution in [0.2, 0.25) is 0 Å². The van der Waals surface area contributed by atoms with E-state index in [4.69, 9.17) is 0 Å². The summed E-state index contributed by atoms with van der Waals surface area (Å²) < 4.78 is 0. The van der Waals surface area contributed by atoms with Crippen molar-refractivity contribution in [2.75, 3.05) is 17.2 Å². The van der Waals surface area contributed by atoms with Crippen molar-refractivity contribution in [2.45, 2.75) is 20.4 Å². The van der Waals surface area contributed by atoms with Crippen LogP contribution in [0.4, 0.5) is 16.2 Å². The number of anilines is 2. The molecule has 0 heterocycles. The third-order valence-electron chi connectivity index (χ3n) is 3.11. The van der Waals surface area contributed by atoms with Gasteiger partial charge in [0.05, 0.1) is 0 Å². The minimum atomic E-state index is -0.232. The van der Waals surface area contributed by atoms with Gasteiger partial charge in [0, 0.05) is 17.9 Å². The molecule has 0 aliphatic carbocycles. The fraction of sp³-hybridized carbons (Fsp3) is 0.235. The zero-order valence-corrected chi connectivity index (χ0v) is 12.4. The van der Waals surface area contributed by atoms with Crippen LogP contribution < -0.4 is 16.0 Å². The van der Waals surface area contributed by atoms with Crippen molar-refractivity contribution in [3.63, 3.8) is 0 Å². The maximum atomic E-state index is 12.1. The van der Waals surface area contributed by atoms with Gasteiger partial charge in [0.25, 0.3) is 0 Å². The van der Waals surface area contributed by atoms with E-state index in [-0.39, 0.29) is 6.03 Å². The molecule has 0 bridgehead atoms. The van der Waals surface area contributed by atoms with Crippen LogP contribution in [0.5, 0.6) is 0 Å². The fourth-order valence-corrected chi connectivity index (χ4v) is 2.06. The molecule has 4 nitrogen and oxygen atoms in total. The third kappa shape index (κ3) is 4.61. The van der Waals surface area contributed by atoms with E-state index in [0.29, 0.717) is 0 Å². The molecule has 3 N–H and O–H groups in total. The van der Waals surface area contributed by atoms with Crippen LogP contribution in [-0.4, -0.2) is 12.6 Å². The summed E-state index contributed by atoms with van der Waals surface area (Å²) >= 11 is 0. The van der Waals surface area contributed by atoms with Gasteiger partial charge in [-0.25, -0.2) is 4.79 Å². The van der Waals surface area contributed by atoms with Gasteiger partial charge in [0.2, 0.25) is 0 Å². The van der Waals surface area contributed by atoms with Gasteiger partial charge in [0.15, 0.2) is 0 Å². The Hall–Kier alpha value is -2.33. The number of carbonyl (C=O) groups is 1. The van der Waals surface area contributed by atoms with E-state index in [1.807, 2.05) is 55.5 Å². The smallest absolute Gasteiger partial charge is 0.313 e. The van der Waals surface area contributed by atoms with Crippen LogP contribution in [0.3, 0.4) is 0 Å². The summed E-state index contributed by atoms with van der Waals surface area (Å²) in [5, 5.41) is 9.01. The van der Waals surface area contributed by atoms with Crippen LogP contribution in [0.25, 0.3) is 0 Å². The highest BCUT2D eigenvalue weighted by Crippen LogP contribution is 2.16. The van der Waals surface area contributed by atoms with E-state index in [9.17, 15) is 4.79 Å². The van der Waals surface area contributed by atoms with Crippen molar-refractivity contribution in [1.82, 2.24) is 5.32 Å². The minimum absolute atomic E-state index is 0.232. The number of nitrogens with one attached hydrogen (secondary N) is 3. The van der Waals surface area contributed by atoms with Gasteiger partial charge in [-0.1, -0.05) is 37.3 Å². The normalized spacial score (nSPS) is 10.2. The Morgan fingerprint density at radius 1 is 1.05 bits per heavy atom. The number of hydrogen-bond acceptors (Lipinski definition) is 2. The topological polar surface area (TPSA) is 53.2 Å². The molecule has 2 aromatic rings. The molecule has 2 amide bonds. The minimum Gasteiger partial charge on any atom is -0.313 e. The second-order valence-corrected chi connectivity index (χ2v) is 4.89. The number of benzene rings is 2.